The van der Waals surface area contributed by atoms with E-state index in [1.54, 1.807) is 20.8 Å². The van der Waals surface area contributed by atoms with Crippen LogP contribution in [0.1, 0.15) is 35.3 Å². The van der Waals surface area contributed by atoms with Gasteiger partial charge in [-0.15, -0.1) is 11.3 Å². The summed E-state index contributed by atoms with van der Waals surface area (Å²) in [6, 6.07) is 7.82. The Morgan fingerprint density at radius 3 is 2.79 bits per heavy atom. The number of fused-ring (bicyclic) bond motifs is 3. The number of aryl methyl sites for hydroxylation is 3. The molecule has 1 unspecified atom stereocenters. The molecule has 1 fully saturated rings. The van der Waals surface area contributed by atoms with Gasteiger partial charge in [0, 0.05) is 18.0 Å². The van der Waals surface area contributed by atoms with E-state index in [9.17, 15) is 14.4 Å². The predicted octanol–water partition coefficient (Wildman–Crippen LogP) is 3.50. The molecule has 3 heterocycles. The molecule has 1 saturated heterocycles. The fourth-order valence-corrected chi connectivity index (χ4v) is 7.00. The monoisotopic (exact) mass is 483 g/mol. The van der Waals surface area contributed by atoms with Gasteiger partial charge in [-0.1, -0.05) is 29.5 Å². The Balaban J connectivity index is 1.52. The summed E-state index contributed by atoms with van der Waals surface area (Å²) < 4.78 is 6.36. The van der Waals surface area contributed by atoms with Crippen LogP contribution >= 0.6 is 23.1 Å². The lowest BCUT2D eigenvalue weighted by molar-refractivity contribution is -0.141. The van der Waals surface area contributed by atoms with E-state index in [0.29, 0.717) is 24.7 Å². The van der Waals surface area contributed by atoms with Crippen molar-refractivity contribution in [2.24, 2.45) is 0 Å². The number of hydrogen-bond donors (Lipinski definition) is 0. The first-order valence-corrected chi connectivity index (χ1v) is 12.8. The Kier molecular flexibility index (Phi) is 6.01. The topological polar surface area (TPSA) is 81.5 Å². The molecule has 5 rings (SSSR count). The van der Waals surface area contributed by atoms with Gasteiger partial charge < -0.3 is 9.64 Å². The van der Waals surface area contributed by atoms with Crippen molar-refractivity contribution in [2.45, 2.75) is 49.4 Å². The number of aromatic nitrogens is 2. The maximum atomic E-state index is 13.8. The highest BCUT2D eigenvalue weighted by Crippen LogP contribution is 2.37. The molecule has 1 aromatic carbocycles. The van der Waals surface area contributed by atoms with Gasteiger partial charge in [0.25, 0.3) is 5.56 Å². The fourth-order valence-electron chi connectivity index (χ4n) is 4.52. The number of amides is 1. The minimum atomic E-state index is -0.337. The third-order valence-electron chi connectivity index (χ3n) is 6.31. The molecule has 7 nitrogen and oxygen atoms in total. The molecule has 1 aliphatic carbocycles. The first kappa shape index (κ1) is 22.2. The van der Waals surface area contributed by atoms with Gasteiger partial charge in [0.05, 0.1) is 29.9 Å². The second kappa shape index (κ2) is 8.95. The molecule has 1 atom stereocenters. The summed E-state index contributed by atoms with van der Waals surface area (Å²) in [6.45, 7) is 2.94. The first-order chi connectivity index (χ1) is 16.0. The molecular weight excluding hydrogens is 458 g/mol. The SMILES string of the molecule is COC(=O)CCN1CCC(Sc2nc3sc4c(c3c(=O)n2-c2ccc(C)cc2)CCC4)C1=O. The molecule has 1 amide bonds. The molecule has 0 radical (unpaired) electrons. The van der Waals surface area contributed by atoms with Crippen LogP contribution in [0.4, 0.5) is 0 Å². The third-order valence-corrected chi connectivity index (χ3v) is 8.70. The Bertz CT molecular complexity index is 1300. The molecule has 9 heteroatoms. The van der Waals surface area contributed by atoms with E-state index < -0.39 is 0 Å². The van der Waals surface area contributed by atoms with Crippen LogP contribution in [0.15, 0.2) is 34.2 Å². The van der Waals surface area contributed by atoms with E-state index in [4.69, 9.17) is 9.72 Å². The standard InChI is InChI=1S/C24H25N3O4S2/c1-14-6-8-15(9-7-14)27-23(30)20-16-4-3-5-17(16)32-21(20)25-24(27)33-18-10-12-26(22(18)29)13-11-19(28)31-2/h6-9,18H,3-5,10-13H2,1-2H3. The van der Waals surface area contributed by atoms with Gasteiger partial charge in [-0.05, 0) is 50.3 Å². The lowest BCUT2D eigenvalue weighted by Crippen LogP contribution is -2.31. The molecule has 2 aliphatic rings. The van der Waals surface area contributed by atoms with Gasteiger partial charge in [0.1, 0.15) is 4.83 Å². The fraction of sp³-hybridized carbons (Fsp3) is 0.417. The van der Waals surface area contributed by atoms with Gasteiger partial charge in [0.15, 0.2) is 5.16 Å². The maximum absolute atomic E-state index is 13.8. The largest absolute Gasteiger partial charge is 0.469 e. The number of hydrogen-bond acceptors (Lipinski definition) is 7. The molecular formula is C24H25N3O4S2. The third kappa shape index (κ3) is 4.08. The number of methoxy groups -OCH3 is 1. The highest BCUT2D eigenvalue weighted by molar-refractivity contribution is 8.00. The van der Waals surface area contributed by atoms with Gasteiger partial charge in [0.2, 0.25) is 5.91 Å². The number of carbonyl (C=O) groups is 2. The van der Waals surface area contributed by atoms with Crippen LogP contribution < -0.4 is 5.56 Å². The quantitative estimate of drug-likeness (QED) is 0.394. The van der Waals surface area contributed by atoms with Crippen LogP contribution in [0.2, 0.25) is 0 Å². The zero-order chi connectivity index (χ0) is 23.1. The molecule has 0 saturated carbocycles. The Labute approximate surface area is 199 Å². The minimum absolute atomic E-state index is 0.0256. The molecule has 33 heavy (non-hydrogen) atoms. The summed E-state index contributed by atoms with van der Waals surface area (Å²) in [6.07, 6.45) is 3.82. The number of esters is 1. The second-order valence-electron chi connectivity index (χ2n) is 8.45. The van der Waals surface area contributed by atoms with Crippen LogP contribution in [0.5, 0.6) is 0 Å². The van der Waals surface area contributed by atoms with Crippen molar-refractivity contribution in [3.8, 4) is 5.69 Å². The summed E-state index contributed by atoms with van der Waals surface area (Å²) in [5.74, 6) is -0.354. The van der Waals surface area contributed by atoms with Crippen molar-refractivity contribution in [3.05, 3.63) is 50.6 Å². The molecule has 0 bridgehead atoms. The minimum Gasteiger partial charge on any atom is -0.469 e. The molecule has 172 valence electrons. The van der Waals surface area contributed by atoms with E-state index >= 15 is 0 Å². The van der Waals surface area contributed by atoms with Crippen molar-refractivity contribution >= 4 is 45.2 Å². The second-order valence-corrected chi connectivity index (χ2v) is 10.7. The summed E-state index contributed by atoms with van der Waals surface area (Å²) in [7, 11) is 1.35. The van der Waals surface area contributed by atoms with Crippen molar-refractivity contribution in [1.29, 1.82) is 0 Å². The van der Waals surface area contributed by atoms with E-state index in [-0.39, 0.29) is 29.1 Å². The van der Waals surface area contributed by atoms with E-state index in [1.165, 1.54) is 23.7 Å². The number of thioether (sulfide) groups is 1. The van der Waals surface area contributed by atoms with Gasteiger partial charge in [-0.25, -0.2) is 4.98 Å². The molecule has 3 aromatic rings. The number of rotatable bonds is 6. The van der Waals surface area contributed by atoms with Crippen molar-refractivity contribution in [3.63, 3.8) is 0 Å². The van der Waals surface area contributed by atoms with Crippen LogP contribution in [0.3, 0.4) is 0 Å². The van der Waals surface area contributed by atoms with E-state index in [1.807, 2.05) is 31.2 Å². The first-order valence-electron chi connectivity index (χ1n) is 11.1. The average molecular weight is 484 g/mol. The summed E-state index contributed by atoms with van der Waals surface area (Å²) in [5, 5.41) is 0.940. The molecule has 0 spiro atoms. The average Bonchev–Trinajstić information content (AvgIpc) is 3.48. The van der Waals surface area contributed by atoms with Crippen molar-refractivity contribution < 1.29 is 14.3 Å². The van der Waals surface area contributed by atoms with E-state index in [2.05, 4.69) is 0 Å². The number of nitrogens with zero attached hydrogens (tertiary/aromatic N) is 3. The van der Waals surface area contributed by atoms with Gasteiger partial charge >= 0.3 is 5.97 Å². The smallest absolute Gasteiger partial charge is 0.307 e. The maximum Gasteiger partial charge on any atom is 0.307 e. The van der Waals surface area contributed by atoms with Gasteiger partial charge in [-0.2, -0.15) is 0 Å². The lowest BCUT2D eigenvalue weighted by atomic mass is 10.2. The van der Waals surface area contributed by atoms with E-state index in [0.717, 1.165) is 46.3 Å². The van der Waals surface area contributed by atoms with Crippen molar-refractivity contribution in [1.82, 2.24) is 14.5 Å². The van der Waals surface area contributed by atoms with Gasteiger partial charge in [-0.3, -0.25) is 19.0 Å². The lowest BCUT2D eigenvalue weighted by Gasteiger charge is -2.17. The van der Waals surface area contributed by atoms with Crippen LogP contribution in [0.25, 0.3) is 15.9 Å². The summed E-state index contributed by atoms with van der Waals surface area (Å²) in [5.41, 5.74) is 2.96. The summed E-state index contributed by atoms with van der Waals surface area (Å²) >= 11 is 2.96. The highest BCUT2D eigenvalue weighted by atomic mass is 32.2. The zero-order valence-electron chi connectivity index (χ0n) is 18.6. The Hall–Kier alpha value is -2.65. The molecule has 0 N–H and O–H groups in total. The Morgan fingerprint density at radius 2 is 2.03 bits per heavy atom. The van der Waals surface area contributed by atoms with Crippen molar-refractivity contribution in [2.75, 3.05) is 20.2 Å². The summed E-state index contributed by atoms with van der Waals surface area (Å²) in [4.78, 5) is 46.9. The number of benzene rings is 1. The zero-order valence-corrected chi connectivity index (χ0v) is 20.3. The van der Waals surface area contributed by atoms with Crippen LogP contribution in [0, 0.1) is 6.92 Å². The molecule has 1 aliphatic heterocycles. The Morgan fingerprint density at radius 1 is 1.24 bits per heavy atom. The van der Waals surface area contributed by atoms with Crippen LogP contribution in [-0.4, -0.2) is 51.8 Å². The normalized spacial score (nSPS) is 17.7. The highest BCUT2D eigenvalue weighted by Gasteiger charge is 2.34. The number of thiophene rings is 1. The van der Waals surface area contributed by atoms with Crippen LogP contribution in [-0.2, 0) is 27.2 Å². The number of likely N-dealkylation sites (tertiary alicyclic amines) is 1. The number of carbonyl (C=O) groups excluding carboxylic acids is 2. The predicted molar refractivity (Wildman–Crippen MR) is 129 cm³/mol. The number of ether oxygens (including phenoxy) is 1. The molecule has 2 aromatic heterocycles.